The Hall–Kier alpha value is -1.58. The smallest absolute Gasteiger partial charge is 0.324 e. The first-order valence-electron chi connectivity index (χ1n) is 6.21. The molecule has 21 heavy (non-hydrogen) atoms. The van der Waals surface area contributed by atoms with Crippen molar-refractivity contribution >= 4 is 15.7 Å². The monoisotopic (exact) mass is 318 g/mol. The van der Waals surface area contributed by atoms with Gasteiger partial charge in [-0.25, -0.2) is 8.42 Å². The molecule has 0 saturated carbocycles. The second-order valence-electron chi connectivity index (χ2n) is 5.29. The minimum Gasteiger partial charge on any atom is -0.378 e. The van der Waals surface area contributed by atoms with Gasteiger partial charge in [0.05, 0.1) is 23.7 Å². The Morgan fingerprint density at radius 3 is 2.67 bits per heavy atom. The molecule has 0 spiro atoms. The van der Waals surface area contributed by atoms with E-state index in [9.17, 15) is 22.9 Å². The molecule has 1 aliphatic rings. The molecule has 0 unspecified atom stereocenters. The molecule has 0 N–H and O–H groups in total. The number of morpholine rings is 1. The molecule has 0 aliphatic carbocycles. The van der Waals surface area contributed by atoms with E-state index in [0.717, 1.165) is 22.5 Å². The average molecular weight is 318 g/mol. The maximum absolute atomic E-state index is 13.6. The highest BCUT2D eigenvalue weighted by molar-refractivity contribution is 7.89. The van der Waals surface area contributed by atoms with Crippen molar-refractivity contribution in [2.75, 3.05) is 19.8 Å². The Kier molecular flexibility index (Phi) is 4.00. The summed E-state index contributed by atoms with van der Waals surface area (Å²) in [6.07, 6.45) is 0. The van der Waals surface area contributed by atoms with Crippen molar-refractivity contribution in [1.82, 2.24) is 4.31 Å². The van der Waals surface area contributed by atoms with Crippen LogP contribution in [0.4, 0.5) is 10.1 Å². The van der Waals surface area contributed by atoms with Crippen LogP contribution in [0.15, 0.2) is 23.1 Å². The van der Waals surface area contributed by atoms with E-state index in [-0.39, 0.29) is 19.8 Å². The number of hydrogen-bond donors (Lipinski definition) is 0. The lowest BCUT2D eigenvalue weighted by molar-refractivity contribution is -0.390. The standard InChI is InChI=1S/C12H15FN2O5S/c1-12(2)8-20-7-6-14(12)21(18,19)10-5-3-4-9(13)11(10)15(16)17/h3-5H,6-8H2,1-2H3. The molecule has 2 rings (SSSR count). The van der Waals surface area contributed by atoms with Gasteiger partial charge in [0, 0.05) is 6.54 Å². The molecule has 0 bridgehead atoms. The number of benzene rings is 1. The van der Waals surface area contributed by atoms with Gasteiger partial charge < -0.3 is 4.74 Å². The summed E-state index contributed by atoms with van der Waals surface area (Å²) < 4.78 is 45.4. The van der Waals surface area contributed by atoms with Crippen molar-refractivity contribution in [3.8, 4) is 0 Å². The van der Waals surface area contributed by atoms with Crippen LogP contribution in [0.3, 0.4) is 0 Å². The van der Waals surface area contributed by atoms with E-state index in [0.29, 0.717) is 0 Å². The van der Waals surface area contributed by atoms with Crippen LogP contribution in [0.2, 0.25) is 0 Å². The second kappa shape index (κ2) is 5.32. The van der Waals surface area contributed by atoms with Gasteiger partial charge in [-0.3, -0.25) is 10.1 Å². The summed E-state index contributed by atoms with van der Waals surface area (Å²) in [7, 11) is -4.20. The largest absolute Gasteiger partial charge is 0.378 e. The quantitative estimate of drug-likeness (QED) is 0.623. The number of nitrogens with zero attached hydrogens (tertiary/aromatic N) is 2. The fourth-order valence-electron chi connectivity index (χ4n) is 2.29. The zero-order valence-corrected chi connectivity index (χ0v) is 12.4. The summed E-state index contributed by atoms with van der Waals surface area (Å²) in [6, 6.07) is 3.05. The van der Waals surface area contributed by atoms with Gasteiger partial charge in [0.15, 0.2) is 4.90 Å². The summed E-state index contributed by atoms with van der Waals surface area (Å²) in [5.41, 5.74) is -1.89. The first-order valence-corrected chi connectivity index (χ1v) is 7.65. The van der Waals surface area contributed by atoms with Crippen LogP contribution < -0.4 is 0 Å². The first-order chi connectivity index (χ1) is 9.68. The summed E-state index contributed by atoms with van der Waals surface area (Å²) in [6.45, 7) is 3.70. The lowest BCUT2D eigenvalue weighted by Gasteiger charge is -2.40. The molecular weight excluding hydrogens is 303 g/mol. The molecule has 9 heteroatoms. The Morgan fingerprint density at radius 1 is 1.43 bits per heavy atom. The third-order valence-corrected chi connectivity index (χ3v) is 5.41. The Balaban J connectivity index is 2.60. The van der Waals surface area contributed by atoms with Gasteiger partial charge in [0.25, 0.3) is 10.0 Å². The van der Waals surface area contributed by atoms with E-state index in [4.69, 9.17) is 4.74 Å². The molecule has 1 fully saturated rings. The lowest BCUT2D eigenvalue weighted by atomic mass is 10.1. The molecule has 116 valence electrons. The van der Waals surface area contributed by atoms with Crippen LogP contribution in [0, 0.1) is 15.9 Å². The number of sulfonamides is 1. The summed E-state index contributed by atoms with van der Waals surface area (Å²) in [5.74, 6) is -1.17. The van der Waals surface area contributed by atoms with Gasteiger partial charge in [-0.1, -0.05) is 6.07 Å². The fourth-order valence-corrected chi connectivity index (χ4v) is 4.21. The maximum Gasteiger partial charge on any atom is 0.324 e. The van der Waals surface area contributed by atoms with Gasteiger partial charge in [0.2, 0.25) is 5.82 Å². The lowest BCUT2D eigenvalue weighted by Crippen LogP contribution is -2.55. The minimum atomic E-state index is -4.20. The van der Waals surface area contributed by atoms with Gasteiger partial charge >= 0.3 is 5.69 Å². The third kappa shape index (κ3) is 2.76. The molecule has 0 atom stereocenters. The molecule has 1 heterocycles. The molecule has 1 saturated heterocycles. The van der Waals surface area contributed by atoms with Crippen molar-refractivity contribution in [3.05, 3.63) is 34.1 Å². The summed E-state index contributed by atoms with van der Waals surface area (Å²) in [4.78, 5) is 9.34. The zero-order valence-electron chi connectivity index (χ0n) is 11.6. The molecule has 7 nitrogen and oxygen atoms in total. The summed E-state index contributed by atoms with van der Waals surface area (Å²) in [5, 5.41) is 11.0. The van der Waals surface area contributed by atoms with Crippen LogP contribution in [0.5, 0.6) is 0 Å². The molecule has 1 aliphatic heterocycles. The van der Waals surface area contributed by atoms with E-state index >= 15 is 0 Å². The molecule has 1 aromatic rings. The number of hydrogen-bond acceptors (Lipinski definition) is 5. The second-order valence-corrected chi connectivity index (χ2v) is 7.12. The van der Waals surface area contributed by atoms with E-state index in [1.807, 2.05) is 0 Å². The normalized spacial score (nSPS) is 19.4. The van der Waals surface area contributed by atoms with Crippen LogP contribution in [0.1, 0.15) is 13.8 Å². The van der Waals surface area contributed by atoms with Gasteiger partial charge in [0.1, 0.15) is 0 Å². The number of nitro groups is 1. The van der Waals surface area contributed by atoms with Crippen LogP contribution in [-0.2, 0) is 14.8 Å². The number of para-hydroxylation sites is 1. The van der Waals surface area contributed by atoms with Crippen LogP contribution >= 0.6 is 0 Å². The predicted octanol–water partition coefficient (Wildman–Crippen LogP) is 1.53. The van der Waals surface area contributed by atoms with E-state index in [1.165, 1.54) is 0 Å². The van der Waals surface area contributed by atoms with Crippen molar-refractivity contribution in [1.29, 1.82) is 0 Å². The molecule has 0 aromatic heterocycles. The van der Waals surface area contributed by atoms with Gasteiger partial charge in [-0.2, -0.15) is 8.70 Å². The highest BCUT2D eigenvalue weighted by Gasteiger charge is 2.43. The van der Waals surface area contributed by atoms with Crippen molar-refractivity contribution in [2.24, 2.45) is 0 Å². The first kappa shape index (κ1) is 15.8. The fraction of sp³-hybridized carbons (Fsp3) is 0.500. The van der Waals surface area contributed by atoms with Gasteiger partial charge in [-0.15, -0.1) is 0 Å². The van der Waals surface area contributed by atoms with Crippen molar-refractivity contribution in [3.63, 3.8) is 0 Å². The highest BCUT2D eigenvalue weighted by Crippen LogP contribution is 2.33. The van der Waals surface area contributed by atoms with Crippen LogP contribution in [-0.4, -0.2) is 42.9 Å². The third-order valence-electron chi connectivity index (χ3n) is 3.27. The maximum atomic E-state index is 13.6. The molecule has 1 aromatic carbocycles. The molecular formula is C12H15FN2O5S. The van der Waals surface area contributed by atoms with E-state index in [2.05, 4.69) is 0 Å². The van der Waals surface area contributed by atoms with Gasteiger partial charge in [-0.05, 0) is 26.0 Å². The summed E-state index contributed by atoms with van der Waals surface area (Å²) >= 11 is 0. The number of rotatable bonds is 3. The minimum absolute atomic E-state index is 0.0585. The number of nitro benzene ring substituents is 1. The predicted molar refractivity (Wildman–Crippen MR) is 71.8 cm³/mol. The van der Waals surface area contributed by atoms with E-state index in [1.54, 1.807) is 13.8 Å². The highest BCUT2D eigenvalue weighted by atomic mass is 32.2. The molecule has 0 amide bonds. The number of ether oxygens (including phenoxy) is 1. The zero-order chi connectivity index (χ0) is 15.8. The Bertz CT molecular complexity index is 674. The number of halogens is 1. The Labute approximate surface area is 121 Å². The molecule has 0 radical (unpaired) electrons. The van der Waals surface area contributed by atoms with Crippen molar-refractivity contribution in [2.45, 2.75) is 24.3 Å². The van der Waals surface area contributed by atoms with E-state index < -0.39 is 36.9 Å². The topological polar surface area (TPSA) is 89.8 Å². The van der Waals surface area contributed by atoms with Crippen LogP contribution in [0.25, 0.3) is 0 Å². The SMILES string of the molecule is CC1(C)COCCN1S(=O)(=O)c1cccc(F)c1[N+](=O)[O-]. The average Bonchev–Trinajstić information content (AvgIpc) is 2.37. The Morgan fingerprint density at radius 2 is 2.10 bits per heavy atom. The van der Waals surface area contributed by atoms with Crippen molar-refractivity contribution < 1.29 is 22.5 Å².